The molecule has 26 heavy (non-hydrogen) atoms. The van der Waals surface area contributed by atoms with Crippen molar-refractivity contribution in [2.24, 2.45) is 11.8 Å². The zero-order chi connectivity index (χ0) is 19.9. The summed E-state index contributed by atoms with van der Waals surface area (Å²) in [7, 11) is 0. The summed E-state index contributed by atoms with van der Waals surface area (Å²) in [6.07, 6.45) is 2.40. The highest BCUT2D eigenvalue weighted by Gasteiger charge is 2.35. The molecule has 2 atom stereocenters. The van der Waals surface area contributed by atoms with Crippen molar-refractivity contribution < 1.29 is 14.3 Å². The lowest BCUT2D eigenvalue weighted by atomic mass is 9.88. The quantitative estimate of drug-likeness (QED) is 0.286. The highest BCUT2D eigenvalue weighted by atomic mass is 35.5. The Morgan fingerprint density at radius 3 is 2.54 bits per heavy atom. The first-order valence-electron chi connectivity index (χ1n) is 8.56. The van der Waals surface area contributed by atoms with E-state index in [-0.39, 0.29) is 22.8 Å². The molecule has 0 aliphatic carbocycles. The minimum atomic E-state index is -0.892. The fourth-order valence-electron chi connectivity index (χ4n) is 2.51. The van der Waals surface area contributed by atoms with Gasteiger partial charge in [-0.1, -0.05) is 56.1 Å². The zero-order valence-corrected chi connectivity index (χ0v) is 17.2. The molecule has 0 spiro atoms. The molecule has 1 rings (SSSR count). The van der Waals surface area contributed by atoms with Gasteiger partial charge in [-0.15, -0.1) is 6.58 Å². The third-order valence-electron chi connectivity index (χ3n) is 3.93. The summed E-state index contributed by atoms with van der Waals surface area (Å²) in [6, 6.07) is 3.31. The summed E-state index contributed by atoms with van der Waals surface area (Å²) in [5.74, 6) is -1.64. The van der Waals surface area contributed by atoms with Crippen LogP contribution >= 0.6 is 23.2 Å². The summed E-state index contributed by atoms with van der Waals surface area (Å²) < 4.78 is 5.22. The largest absolute Gasteiger partial charge is 0.465 e. The number of amides is 1. The van der Waals surface area contributed by atoms with E-state index in [9.17, 15) is 9.59 Å². The van der Waals surface area contributed by atoms with Crippen LogP contribution in [-0.2, 0) is 19.9 Å². The van der Waals surface area contributed by atoms with Crippen LogP contribution in [0.3, 0.4) is 0 Å². The fraction of sp³-hybridized carbons (Fsp3) is 0.526. The van der Waals surface area contributed by atoms with Crippen molar-refractivity contribution in [3.63, 3.8) is 0 Å². The summed E-state index contributed by atoms with van der Waals surface area (Å²) in [5, 5.41) is 3.36. The van der Waals surface area contributed by atoms with Crippen molar-refractivity contribution in [1.82, 2.24) is 10.3 Å². The number of pyridine rings is 1. The van der Waals surface area contributed by atoms with Crippen LogP contribution < -0.4 is 5.32 Å². The molecule has 1 heterocycles. The first-order chi connectivity index (χ1) is 12.1. The van der Waals surface area contributed by atoms with Crippen LogP contribution in [0.2, 0.25) is 10.3 Å². The number of hydrogen-bond acceptors (Lipinski definition) is 4. The van der Waals surface area contributed by atoms with E-state index >= 15 is 0 Å². The van der Waals surface area contributed by atoms with Crippen LogP contribution in [0.4, 0.5) is 0 Å². The highest BCUT2D eigenvalue weighted by molar-refractivity contribution is 6.33. The van der Waals surface area contributed by atoms with Crippen molar-refractivity contribution in [3.05, 3.63) is 40.7 Å². The Morgan fingerprint density at radius 1 is 1.38 bits per heavy atom. The number of esters is 1. The van der Waals surface area contributed by atoms with Gasteiger partial charge < -0.3 is 10.1 Å². The average molecular weight is 401 g/mol. The molecular weight excluding hydrogens is 375 g/mol. The molecule has 1 amide bonds. The van der Waals surface area contributed by atoms with Crippen LogP contribution in [0.25, 0.3) is 0 Å². The van der Waals surface area contributed by atoms with Crippen LogP contribution in [-0.4, -0.2) is 23.5 Å². The Morgan fingerprint density at radius 2 is 2.04 bits per heavy atom. The molecule has 7 heteroatoms. The molecule has 1 aromatic rings. The second kappa shape index (κ2) is 9.93. The SMILES string of the molecule is C=CCC(C)(NC(=O)C(CC)C(=O)OCC(C)C)c1ccc(Cl)nc1Cl. The summed E-state index contributed by atoms with van der Waals surface area (Å²) in [5.41, 5.74) is -0.276. The monoisotopic (exact) mass is 400 g/mol. The predicted octanol–water partition coefficient (Wildman–Crippen LogP) is 4.52. The lowest BCUT2D eigenvalue weighted by Crippen LogP contribution is -2.48. The van der Waals surface area contributed by atoms with Gasteiger partial charge in [0.25, 0.3) is 0 Å². The molecule has 1 N–H and O–H groups in total. The molecule has 0 bridgehead atoms. The molecule has 0 radical (unpaired) electrons. The molecule has 0 aliphatic heterocycles. The van der Waals surface area contributed by atoms with Crippen LogP contribution in [0, 0.1) is 11.8 Å². The maximum Gasteiger partial charge on any atom is 0.318 e. The van der Waals surface area contributed by atoms with Gasteiger partial charge in [0.1, 0.15) is 16.2 Å². The molecule has 0 saturated heterocycles. The van der Waals surface area contributed by atoms with E-state index in [1.165, 1.54) is 0 Å². The summed E-state index contributed by atoms with van der Waals surface area (Å²) in [4.78, 5) is 29.1. The van der Waals surface area contributed by atoms with Crippen molar-refractivity contribution in [2.45, 2.75) is 46.1 Å². The second-order valence-corrected chi connectivity index (χ2v) is 7.52. The second-order valence-electron chi connectivity index (χ2n) is 6.77. The van der Waals surface area contributed by atoms with Gasteiger partial charge in [0.2, 0.25) is 5.91 Å². The lowest BCUT2D eigenvalue weighted by molar-refractivity contribution is -0.154. The predicted molar refractivity (Wildman–Crippen MR) is 104 cm³/mol. The van der Waals surface area contributed by atoms with Gasteiger partial charge in [-0.3, -0.25) is 9.59 Å². The third-order valence-corrected chi connectivity index (χ3v) is 4.43. The van der Waals surface area contributed by atoms with Crippen LogP contribution in [0.15, 0.2) is 24.8 Å². The van der Waals surface area contributed by atoms with Gasteiger partial charge in [0, 0.05) is 5.56 Å². The van der Waals surface area contributed by atoms with Crippen LogP contribution in [0.1, 0.15) is 46.1 Å². The van der Waals surface area contributed by atoms with E-state index in [4.69, 9.17) is 27.9 Å². The number of halogens is 2. The number of nitrogens with one attached hydrogen (secondary N) is 1. The summed E-state index contributed by atoms with van der Waals surface area (Å²) in [6.45, 7) is 11.5. The highest BCUT2D eigenvalue weighted by Crippen LogP contribution is 2.31. The molecule has 0 aromatic carbocycles. The number of carbonyl (C=O) groups excluding carboxylic acids is 2. The molecule has 144 valence electrons. The van der Waals surface area contributed by atoms with Gasteiger partial charge in [-0.2, -0.15) is 0 Å². The number of carbonyl (C=O) groups is 2. The lowest BCUT2D eigenvalue weighted by Gasteiger charge is -2.32. The van der Waals surface area contributed by atoms with E-state index in [1.807, 2.05) is 13.8 Å². The Bertz CT molecular complexity index is 664. The number of ether oxygens (including phenoxy) is 1. The molecular formula is C19H26Cl2N2O3. The van der Waals surface area contributed by atoms with E-state index in [2.05, 4.69) is 16.9 Å². The zero-order valence-electron chi connectivity index (χ0n) is 15.6. The maximum atomic E-state index is 12.8. The smallest absolute Gasteiger partial charge is 0.318 e. The van der Waals surface area contributed by atoms with E-state index in [0.29, 0.717) is 18.4 Å². The minimum Gasteiger partial charge on any atom is -0.465 e. The number of rotatable bonds is 9. The molecule has 1 aromatic heterocycles. The Hall–Kier alpha value is -1.59. The Labute approximate surface area is 165 Å². The van der Waals surface area contributed by atoms with Gasteiger partial charge >= 0.3 is 5.97 Å². The Balaban J connectivity index is 3.05. The van der Waals surface area contributed by atoms with Gasteiger partial charge in [0.15, 0.2) is 0 Å². The van der Waals surface area contributed by atoms with E-state index < -0.39 is 23.3 Å². The topological polar surface area (TPSA) is 68.3 Å². The third kappa shape index (κ3) is 5.99. The normalized spacial score (nSPS) is 14.4. The first-order valence-corrected chi connectivity index (χ1v) is 9.32. The van der Waals surface area contributed by atoms with Crippen molar-refractivity contribution in [1.29, 1.82) is 0 Å². The van der Waals surface area contributed by atoms with E-state index in [1.54, 1.807) is 32.1 Å². The van der Waals surface area contributed by atoms with Crippen molar-refractivity contribution >= 4 is 35.1 Å². The average Bonchev–Trinajstić information content (AvgIpc) is 2.53. The Kier molecular flexibility index (Phi) is 8.57. The molecule has 0 fully saturated rings. The summed E-state index contributed by atoms with van der Waals surface area (Å²) >= 11 is 12.1. The maximum absolute atomic E-state index is 12.8. The number of hydrogen-bond donors (Lipinski definition) is 1. The molecule has 0 saturated carbocycles. The van der Waals surface area contributed by atoms with Crippen LogP contribution in [0.5, 0.6) is 0 Å². The first kappa shape index (κ1) is 22.5. The molecule has 0 aliphatic rings. The van der Waals surface area contributed by atoms with Crippen molar-refractivity contribution in [2.75, 3.05) is 6.61 Å². The minimum absolute atomic E-state index is 0.192. The number of nitrogens with zero attached hydrogens (tertiary/aromatic N) is 1. The van der Waals surface area contributed by atoms with Gasteiger partial charge in [-0.05, 0) is 31.7 Å². The molecule has 5 nitrogen and oxygen atoms in total. The van der Waals surface area contributed by atoms with Gasteiger partial charge in [-0.25, -0.2) is 4.98 Å². The number of aromatic nitrogens is 1. The standard InChI is InChI=1S/C19H26Cl2N2O3/c1-6-10-19(5,14-8-9-15(20)22-16(14)21)23-17(24)13(7-2)18(25)26-11-12(3)4/h6,8-9,12-13H,1,7,10-11H2,2-5H3,(H,23,24). The van der Waals surface area contributed by atoms with E-state index in [0.717, 1.165) is 0 Å². The molecule has 2 unspecified atom stereocenters. The van der Waals surface area contributed by atoms with Gasteiger partial charge in [0.05, 0.1) is 12.1 Å². The fourth-order valence-corrected chi connectivity index (χ4v) is 3.06. The van der Waals surface area contributed by atoms with Crippen molar-refractivity contribution in [3.8, 4) is 0 Å².